The van der Waals surface area contributed by atoms with E-state index in [1.54, 1.807) is 31.1 Å². The van der Waals surface area contributed by atoms with Crippen LogP contribution >= 0.6 is 34.6 Å². The molecule has 172 valence electrons. The normalized spacial score (nSPS) is 20.2. The van der Waals surface area contributed by atoms with Crippen molar-refractivity contribution in [3.05, 3.63) is 100 Å². The van der Waals surface area contributed by atoms with Gasteiger partial charge in [-0.1, -0.05) is 5.16 Å². The summed E-state index contributed by atoms with van der Waals surface area (Å²) < 4.78 is 25.2. The summed E-state index contributed by atoms with van der Waals surface area (Å²) in [5.41, 5.74) is 3.79. The first-order valence-electron chi connectivity index (χ1n) is 10.5. The Hall–Kier alpha value is -3.94. The van der Waals surface area contributed by atoms with Gasteiger partial charge in [-0.25, -0.2) is 9.97 Å². The van der Waals surface area contributed by atoms with Gasteiger partial charge in [0, 0.05) is 40.5 Å². The molecule has 0 fully saturated rings. The fraction of sp³-hybridized carbons (Fsp3) is 0.0909. The lowest BCUT2D eigenvalue weighted by Crippen LogP contribution is -2.47. The molecule has 6 aromatic rings. The fourth-order valence-corrected chi connectivity index (χ4v) is 6.49. The van der Waals surface area contributed by atoms with Crippen LogP contribution in [0.25, 0.3) is 11.3 Å². The lowest BCUT2D eigenvalue weighted by Gasteiger charge is -2.40. The smallest absolute Gasteiger partial charge is 0.303 e. The van der Waals surface area contributed by atoms with E-state index in [-0.39, 0.29) is 0 Å². The summed E-state index contributed by atoms with van der Waals surface area (Å²) in [5.74, 6) is -0.405. The van der Waals surface area contributed by atoms with E-state index >= 15 is 0 Å². The van der Waals surface area contributed by atoms with Crippen LogP contribution in [0.5, 0.6) is 0 Å². The third kappa shape index (κ3) is 2.92. The molecule has 1 aliphatic heterocycles. The molecule has 7 heterocycles. The molecule has 0 spiro atoms. The molecule has 0 aliphatic carbocycles. The number of anilines is 1. The van der Waals surface area contributed by atoms with E-state index in [1.165, 1.54) is 22.9 Å². The summed E-state index contributed by atoms with van der Waals surface area (Å²) in [7, 11) is 0. The number of oxazole rings is 1. The summed E-state index contributed by atoms with van der Waals surface area (Å²) in [4.78, 5) is 14.7. The Morgan fingerprint density at radius 1 is 1.06 bits per heavy atom. The predicted octanol–water partition coefficient (Wildman–Crippen LogP) is 4.87. The zero-order chi connectivity index (χ0) is 23.2. The summed E-state index contributed by atoms with van der Waals surface area (Å²) in [6.45, 7) is 0. The molecule has 1 aliphatic rings. The maximum Gasteiger partial charge on any atom is 0.303 e. The second kappa shape index (κ2) is 8.08. The Balaban J connectivity index is 1.67. The van der Waals surface area contributed by atoms with Gasteiger partial charge in [-0.2, -0.15) is 13.1 Å². The topological polar surface area (TPSA) is 123 Å². The van der Waals surface area contributed by atoms with Crippen molar-refractivity contribution in [2.45, 2.75) is 11.5 Å². The predicted molar refractivity (Wildman–Crippen MR) is 131 cm³/mol. The Labute approximate surface area is 210 Å². The van der Waals surface area contributed by atoms with E-state index in [0.717, 1.165) is 45.1 Å². The van der Waals surface area contributed by atoms with E-state index < -0.39 is 11.5 Å². The van der Waals surface area contributed by atoms with Crippen LogP contribution in [0.15, 0.2) is 81.3 Å². The Kier molecular flexibility index (Phi) is 4.72. The molecule has 10 nitrogen and oxygen atoms in total. The first-order chi connectivity index (χ1) is 17.4. The highest BCUT2D eigenvalue weighted by Crippen LogP contribution is 2.62. The Bertz CT molecular complexity index is 1420. The van der Waals surface area contributed by atoms with Crippen LogP contribution in [0.3, 0.4) is 0 Å². The van der Waals surface area contributed by atoms with E-state index in [2.05, 4.69) is 19.5 Å². The third-order valence-corrected chi connectivity index (χ3v) is 7.84. The minimum atomic E-state index is -1.02. The van der Waals surface area contributed by atoms with Crippen LogP contribution < -0.4 is 4.90 Å². The minimum Gasteiger partial charge on any atom is -0.432 e. The van der Waals surface area contributed by atoms with Gasteiger partial charge in [-0.05, 0) is 29.7 Å². The number of H-pyrrole nitrogens is 1. The first-order valence-corrected chi connectivity index (χ1v) is 12.9. The molecule has 2 atom stereocenters. The van der Waals surface area contributed by atoms with Gasteiger partial charge in [0.15, 0.2) is 0 Å². The molecular weight excluding hydrogens is 504 g/mol. The van der Waals surface area contributed by atoms with Crippen molar-refractivity contribution >= 4 is 51.9 Å². The second-order valence-corrected chi connectivity index (χ2v) is 9.75. The van der Waals surface area contributed by atoms with Gasteiger partial charge in [-0.3, -0.25) is 4.90 Å². The van der Waals surface area contributed by atoms with Crippen molar-refractivity contribution in [2.24, 2.45) is 0 Å². The van der Waals surface area contributed by atoms with Gasteiger partial charge in [-0.15, -0.1) is 11.3 Å². The van der Waals surface area contributed by atoms with Crippen molar-refractivity contribution in [1.29, 1.82) is 0 Å². The maximum atomic E-state index is 5.96. The molecule has 0 amide bonds. The number of nitrogens with zero attached hydrogens (tertiary/aromatic N) is 7. The highest BCUT2D eigenvalue weighted by molar-refractivity contribution is 7.10. The molecule has 7 rings (SSSR count). The first kappa shape index (κ1) is 20.4. The quantitative estimate of drug-likeness (QED) is 0.329. The fourth-order valence-electron chi connectivity index (χ4n) is 4.83. The molecule has 13 heteroatoms. The van der Waals surface area contributed by atoms with Gasteiger partial charge < -0.3 is 13.9 Å². The monoisotopic (exact) mass is 518 g/mol. The molecule has 6 aromatic heterocycles. The zero-order valence-corrected chi connectivity index (χ0v) is 20.1. The van der Waals surface area contributed by atoms with Crippen LogP contribution in [0.2, 0.25) is 0 Å². The summed E-state index contributed by atoms with van der Waals surface area (Å²) in [6.07, 6.45) is 10.2. The highest BCUT2D eigenvalue weighted by Gasteiger charge is 2.62. The summed E-state index contributed by atoms with van der Waals surface area (Å²) in [6, 6.07) is 8.20. The second-order valence-electron chi connectivity index (χ2n) is 7.63. The van der Waals surface area contributed by atoms with Crippen molar-refractivity contribution < 1.29 is 8.94 Å². The molecule has 0 bridgehead atoms. The largest absolute Gasteiger partial charge is 0.432 e. The van der Waals surface area contributed by atoms with Crippen molar-refractivity contribution in [3.63, 3.8) is 0 Å². The van der Waals surface area contributed by atoms with E-state index in [0.29, 0.717) is 11.7 Å². The lowest BCUT2D eigenvalue weighted by molar-refractivity contribution is 0.370. The number of thiazole rings is 1. The van der Waals surface area contributed by atoms with Crippen LogP contribution in [0, 0.1) is 0 Å². The summed E-state index contributed by atoms with van der Waals surface area (Å²) >= 11 is 4.06. The van der Waals surface area contributed by atoms with E-state index in [4.69, 9.17) is 22.7 Å². The molecule has 0 saturated heterocycles. The molecule has 0 radical (unpaired) electrons. The molecule has 35 heavy (non-hydrogen) atoms. The average Bonchev–Trinajstić information content (AvgIpc) is 3.71. The average molecular weight is 519 g/mol. The van der Waals surface area contributed by atoms with Gasteiger partial charge in [0.2, 0.25) is 0 Å². The maximum absolute atomic E-state index is 5.96. The van der Waals surface area contributed by atoms with Crippen LogP contribution in [0.1, 0.15) is 33.7 Å². The van der Waals surface area contributed by atoms with Gasteiger partial charge in [0.1, 0.15) is 28.8 Å². The third-order valence-electron chi connectivity index (χ3n) is 6.01. The van der Waals surface area contributed by atoms with E-state index in [1.807, 2.05) is 46.1 Å². The van der Waals surface area contributed by atoms with Crippen molar-refractivity contribution in [3.8, 4) is 0 Å². The van der Waals surface area contributed by atoms with Crippen LogP contribution in [-0.2, 0) is 5.54 Å². The molecule has 2 unspecified atom stereocenters. The van der Waals surface area contributed by atoms with Crippen LogP contribution in [0.4, 0.5) is 6.01 Å². The van der Waals surface area contributed by atoms with Crippen molar-refractivity contribution in [1.82, 2.24) is 33.2 Å². The molecule has 1 N–H and O–H groups in total. The van der Waals surface area contributed by atoms with Crippen LogP contribution in [-0.4, -0.2) is 33.2 Å². The number of hydrogen-bond acceptors (Lipinski definition) is 12. The minimum absolute atomic E-state index is 0.381. The lowest BCUT2D eigenvalue weighted by atomic mass is 9.74. The van der Waals surface area contributed by atoms with E-state index in [9.17, 15) is 0 Å². The molecule has 0 saturated carbocycles. The number of aromatic nitrogens is 7. The molecule has 0 aromatic carbocycles. The van der Waals surface area contributed by atoms with Gasteiger partial charge >= 0.3 is 6.01 Å². The summed E-state index contributed by atoms with van der Waals surface area (Å²) in [5, 5.41) is 9.15. The van der Waals surface area contributed by atoms with Crippen molar-refractivity contribution in [2.75, 3.05) is 4.90 Å². The Morgan fingerprint density at radius 2 is 2.06 bits per heavy atom. The number of hydrogen-bond donors (Lipinski definition) is 1. The van der Waals surface area contributed by atoms with Gasteiger partial charge in [0.05, 0.1) is 47.1 Å². The SMILES string of the molecule is c1c[nH]c(C2(c3ccon3)C(c3cnsn3)C(c3ccsn3)=C(c3nccs3)N2c2ncco2)c1. The number of rotatable bonds is 6. The highest BCUT2D eigenvalue weighted by atomic mass is 32.1. The zero-order valence-electron chi connectivity index (χ0n) is 17.7. The standard InChI is InChI=1S/C22H14N8O2S3/c1-2-15(23-5-1)22(16-3-8-32-27-16)18(14-12-26-35-29-14)17(13-4-10-34-28-13)19(20-24-7-11-33-20)30(22)21-25-6-9-31-21/h1-12,18,23H. The molecular formula is C22H14N8O2S3. The number of aromatic amines is 1. The number of nitrogens with one attached hydrogen (secondary N) is 1. The van der Waals surface area contributed by atoms with Gasteiger partial charge in [0.25, 0.3) is 0 Å². The Morgan fingerprint density at radius 3 is 2.71 bits per heavy atom.